The van der Waals surface area contributed by atoms with Gasteiger partial charge in [-0.1, -0.05) is 26.2 Å². The van der Waals surface area contributed by atoms with E-state index in [0.29, 0.717) is 11.8 Å². The Kier molecular flexibility index (Phi) is 6.15. The van der Waals surface area contributed by atoms with Crippen molar-refractivity contribution in [2.75, 3.05) is 32.7 Å². The molecule has 1 amide bonds. The topological polar surface area (TPSA) is 23.6 Å². The predicted octanol–water partition coefficient (Wildman–Crippen LogP) is 2.90. The lowest BCUT2D eigenvalue weighted by atomic mass is 9.95. The number of hydrogen-bond acceptors (Lipinski definition) is 2. The zero-order valence-electron chi connectivity index (χ0n) is 12.6. The fourth-order valence-corrected chi connectivity index (χ4v) is 3.33. The van der Waals surface area contributed by atoms with Crippen LogP contribution in [0.2, 0.25) is 0 Å². The maximum absolute atomic E-state index is 12.5. The van der Waals surface area contributed by atoms with Gasteiger partial charge >= 0.3 is 0 Å². The summed E-state index contributed by atoms with van der Waals surface area (Å²) in [5.41, 5.74) is 0. The van der Waals surface area contributed by atoms with Crippen LogP contribution in [-0.4, -0.2) is 48.4 Å². The number of carbonyl (C=O) groups is 1. The Morgan fingerprint density at radius 3 is 2.21 bits per heavy atom. The number of nitrogens with zero attached hydrogens (tertiary/aromatic N) is 2. The first-order valence-electron chi connectivity index (χ1n) is 8.32. The lowest BCUT2D eigenvalue weighted by Crippen LogP contribution is -2.43. The number of likely N-dealkylation sites (tertiary alicyclic amines) is 2. The summed E-state index contributed by atoms with van der Waals surface area (Å²) in [4.78, 5) is 17.2. The van der Waals surface area contributed by atoms with E-state index in [1.807, 2.05) is 0 Å². The smallest absolute Gasteiger partial charge is 0.225 e. The first-order valence-corrected chi connectivity index (χ1v) is 8.32. The number of hydrogen-bond donors (Lipinski definition) is 0. The molecule has 2 fully saturated rings. The van der Waals surface area contributed by atoms with Gasteiger partial charge in [0, 0.05) is 19.0 Å². The first kappa shape index (κ1) is 14.8. The van der Waals surface area contributed by atoms with Crippen LogP contribution >= 0.6 is 0 Å². The van der Waals surface area contributed by atoms with E-state index < -0.39 is 0 Å². The summed E-state index contributed by atoms with van der Waals surface area (Å²) in [5.74, 6) is 0.771. The first-order chi connectivity index (χ1) is 9.31. The number of carbonyl (C=O) groups excluding carboxylic acids is 1. The van der Waals surface area contributed by atoms with Crippen LogP contribution in [0.15, 0.2) is 0 Å². The van der Waals surface area contributed by atoms with E-state index in [9.17, 15) is 4.79 Å². The maximum Gasteiger partial charge on any atom is 0.225 e. The van der Waals surface area contributed by atoms with E-state index in [4.69, 9.17) is 0 Å². The van der Waals surface area contributed by atoms with Crippen molar-refractivity contribution < 1.29 is 4.79 Å². The predicted molar refractivity (Wildman–Crippen MR) is 79.1 cm³/mol. The molecule has 19 heavy (non-hydrogen) atoms. The molecule has 3 heteroatoms. The molecule has 2 heterocycles. The molecule has 0 saturated carbocycles. The Morgan fingerprint density at radius 1 is 1.00 bits per heavy atom. The highest BCUT2D eigenvalue weighted by Crippen LogP contribution is 2.21. The minimum absolute atomic E-state index is 0.316. The van der Waals surface area contributed by atoms with Crippen LogP contribution in [0.1, 0.15) is 58.3 Å². The summed E-state index contributed by atoms with van der Waals surface area (Å²) in [5, 5.41) is 0. The molecule has 2 aliphatic rings. The minimum Gasteiger partial charge on any atom is -0.342 e. The van der Waals surface area contributed by atoms with Gasteiger partial charge in [-0.15, -0.1) is 0 Å². The van der Waals surface area contributed by atoms with Crippen molar-refractivity contribution in [2.45, 2.75) is 58.3 Å². The molecule has 0 aliphatic carbocycles. The van der Waals surface area contributed by atoms with Gasteiger partial charge in [0.05, 0.1) is 0 Å². The minimum atomic E-state index is 0.316. The molecule has 0 radical (unpaired) electrons. The summed E-state index contributed by atoms with van der Waals surface area (Å²) in [6.07, 6.45) is 9.76. The fraction of sp³-hybridized carbons (Fsp3) is 0.938. The van der Waals surface area contributed by atoms with E-state index in [2.05, 4.69) is 16.7 Å². The average Bonchev–Trinajstić information content (AvgIpc) is 2.74. The van der Waals surface area contributed by atoms with Crippen LogP contribution in [0.25, 0.3) is 0 Å². The largest absolute Gasteiger partial charge is 0.342 e. The Labute approximate surface area is 118 Å². The highest BCUT2D eigenvalue weighted by molar-refractivity contribution is 5.79. The Hall–Kier alpha value is -0.570. The van der Waals surface area contributed by atoms with Gasteiger partial charge in [0.25, 0.3) is 0 Å². The molecule has 0 N–H and O–H groups in total. The molecule has 0 aromatic heterocycles. The van der Waals surface area contributed by atoms with Gasteiger partial charge in [-0.2, -0.15) is 0 Å². The van der Waals surface area contributed by atoms with Gasteiger partial charge in [0.15, 0.2) is 0 Å². The molecule has 2 aliphatic heterocycles. The standard InChI is InChI=1S/C16H30N2O/c1-2-3-10-17-13-8-15(9-14-17)16(19)18-11-6-4-5-7-12-18/h15H,2-14H2,1H3. The van der Waals surface area contributed by atoms with Crippen molar-refractivity contribution >= 4 is 5.91 Å². The number of amides is 1. The average molecular weight is 266 g/mol. The summed E-state index contributed by atoms with van der Waals surface area (Å²) < 4.78 is 0. The molecule has 110 valence electrons. The lowest BCUT2D eigenvalue weighted by molar-refractivity contribution is -0.137. The molecule has 0 bridgehead atoms. The van der Waals surface area contributed by atoms with Crippen molar-refractivity contribution in [2.24, 2.45) is 5.92 Å². The molecule has 2 rings (SSSR count). The van der Waals surface area contributed by atoms with Crippen molar-refractivity contribution in [3.63, 3.8) is 0 Å². The van der Waals surface area contributed by atoms with Crippen molar-refractivity contribution in [1.82, 2.24) is 9.80 Å². The summed E-state index contributed by atoms with van der Waals surface area (Å²) in [6, 6.07) is 0. The lowest BCUT2D eigenvalue weighted by Gasteiger charge is -2.34. The second-order valence-corrected chi connectivity index (χ2v) is 6.21. The second-order valence-electron chi connectivity index (χ2n) is 6.21. The molecule has 0 aromatic rings. The van der Waals surface area contributed by atoms with Gasteiger partial charge in [-0.25, -0.2) is 0 Å². The zero-order valence-corrected chi connectivity index (χ0v) is 12.6. The van der Waals surface area contributed by atoms with Crippen LogP contribution in [-0.2, 0) is 4.79 Å². The molecule has 0 spiro atoms. The zero-order chi connectivity index (χ0) is 13.5. The van der Waals surface area contributed by atoms with Crippen LogP contribution < -0.4 is 0 Å². The van der Waals surface area contributed by atoms with Gasteiger partial charge in [0.1, 0.15) is 0 Å². The van der Waals surface area contributed by atoms with Crippen molar-refractivity contribution in [3.05, 3.63) is 0 Å². The molecular weight excluding hydrogens is 236 g/mol. The normalized spacial score (nSPS) is 23.3. The molecule has 0 aromatic carbocycles. The third kappa shape index (κ3) is 4.48. The Bertz CT molecular complexity index is 264. The van der Waals surface area contributed by atoms with E-state index in [1.165, 1.54) is 45.1 Å². The van der Waals surface area contributed by atoms with Gasteiger partial charge < -0.3 is 9.80 Å². The second kappa shape index (κ2) is 7.88. The Balaban J connectivity index is 1.75. The van der Waals surface area contributed by atoms with E-state index in [1.54, 1.807) is 0 Å². The summed E-state index contributed by atoms with van der Waals surface area (Å²) >= 11 is 0. The molecular formula is C16H30N2O. The van der Waals surface area contributed by atoms with Crippen LogP contribution in [0, 0.1) is 5.92 Å². The highest BCUT2D eigenvalue weighted by Gasteiger charge is 2.28. The summed E-state index contributed by atoms with van der Waals surface area (Å²) in [7, 11) is 0. The van der Waals surface area contributed by atoms with Crippen molar-refractivity contribution in [1.29, 1.82) is 0 Å². The van der Waals surface area contributed by atoms with E-state index in [-0.39, 0.29) is 0 Å². The molecule has 2 saturated heterocycles. The van der Waals surface area contributed by atoms with Crippen LogP contribution in [0.5, 0.6) is 0 Å². The third-order valence-corrected chi connectivity index (χ3v) is 4.68. The van der Waals surface area contributed by atoms with Gasteiger partial charge in [-0.3, -0.25) is 4.79 Å². The van der Waals surface area contributed by atoms with Crippen LogP contribution in [0.4, 0.5) is 0 Å². The molecule has 0 unspecified atom stereocenters. The number of unbranched alkanes of at least 4 members (excludes halogenated alkanes) is 1. The van der Waals surface area contributed by atoms with Gasteiger partial charge in [-0.05, 0) is 51.7 Å². The van der Waals surface area contributed by atoms with Crippen LogP contribution in [0.3, 0.4) is 0 Å². The molecule has 0 atom stereocenters. The highest BCUT2D eigenvalue weighted by atomic mass is 16.2. The molecule has 3 nitrogen and oxygen atoms in total. The van der Waals surface area contributed by atoms with E-state index >= 15 is 0 Å². The van der Waals surface area contributed by atoms with Crippen molar-refractivity contribution in [3.8, 4) is 0 Å². The Morgan fingerprint density at radius 2 is 1.63 bits per heavy atom. The maximum atomic E-state index is 12.5. The SMILES string of the molecule is CCCCN1CCC(C(=O)N2CCCCCC2)CC1. The number of rotatable bonds is 4. The monoisotopic (exact) mass is 266 g/mol. The summed E-state index contributed by atoms with van der Waals surface area (Å²) in [6.45, 7) is 7.75. The fourth-order valence-electron chi connectivity index (χ4n) is 3.33. The number of piperidine rings is 1. The van der Waals surface area contributed by atoms with E-state index in [0.717, 1.165) is 39.0 Å². The van der Waals surface area contributed by atoms with Gasteiger partial charge in [0.2, 0.25) is 5.91 Å². The quantitative estimate of drug-likeness (QED) is 0.781. The third-order valence-electron chi connectivity index (χ3n) is 4.68.